The fraction of sp³-hybridized carbons (Fsp3) is 0.250. The van der Waals surface area contributed by atoms with Crippen LogP contribution in [0.15, 0.2) is 34.1 Å². The topological polar surface area (TPSA) is 103 Å². The third kappa shape index (κ3) is 3.90. The molecule has 0 radical (unpaired) electrons. The lowest BCUT2D eigenvalue weighted by atomic mass is 10.1. The van der Waals surface area contributed by atoms with Gasteiger partial charge in [-0.2, -0.15) is 5.10 Å². The third-order valence-electron chi connectivity index (χ3n) is 3.56. The number of aromatic nitrogens is 5. The van der Waals surface area contributed by atoms with E-state index < -0.39 is 5.91 Å². The van der Waals surface area contributed by atoms with Crippen molar-refractivity contribution in [2.24, 2.45) is 0 Å². The summed E-state index contributed by atoms with van der Waals surface area (Å²) in [6.07, 6.45) is 2.93. The highest BCUT2D eigenvalue weighted by Crippen LogP contribution is 2.21. The number of halogens is 2. The Hall–Kier alpha value is -1.95. The van der Waals surface area contributed by atoms with Crippen LogP contribution in [0.25, 0.3) is 10.9 Å². The average molecular weight is 529 g/mol. The number of fused-ring (bicyclic) bond motifs is 1. The molecule has 0 spiro atoms. The Balaban J connectivity index is 1.99. The summed E-state index contributed by atoms with van der Waals surface area (Å²) >= 11 is 5.34. The minimum absolute atomic E-state index is 0.0389. The minimum Gasteiger partial charge on any atom is -0.308 e. The van der Waals surface area contributed by atoms with Gasteiger partial charge >= 0.3 is 0 Å². The molecule has 0 bridgehead atoms. The first-order chi connectivity index (χ1) is 12.4. The first-order valence-electron chi connectivity index (χ1n) is 7.69. The Morgan fingerprint density at radius 1 is 1.38 bits per heavy atom. The summed E-state index contributed by atoms with van der Waals surface area (Å²) in [7, 11) is 0. The van der Waals surface area contributed by atoms with Gasteiger partial charge in [-0.05, 0) is 56.6 Å². The molecule has 0 atom stereocenters. The van der Waals surface area contributed by atoms with Crippen LogP contribution in [0, 0.1) is 3.57 Å². The Morgan fingerprint density at radius 2 is 2.15 bits per heavy atom. The van der Waals surface area contributed by atoms with Gasteiger partial charge in [0.1, 0.15) is 28.8 Å². The highest BCUT2D eigenvalue weighted by Gasteiger charge is 2.17. The molecular weight excluding hydrogens is 515 g/mol. The van der Waals surface area contributed by atoms with Crippen LogP contribution in [-0.2, 0) is 11.3 Å². The Bertz CT molecular complexity index is 1050. The van der Waals surface area contributed by atoms with E-state index in [1.54, 1.807) is 18.3 Å². The molecule has 0 unspecified atom stereocenters. The van der Waals surface area contributed by atoms with Crippen LogP contribution in [-0.4, -0.2) is 30.6 Å². The molecule has 26 heavy (non-hydrogen) atoms. The predicted octanol–water partition coefficient (Wildman–Crippen LogP) is 2.71. The Kier molecular flexibility index (Phi) is 5.61. The number of nitrogens with one attached hydrogen (secondary N) is 1. The van der Waals surface area contributed by atoms with E-state index >= 15 is 0 Å². The average Bonchev–Trinajstić information content (AvgIpc) is 2.59. The van der Waals surface area contributed by atoms with Crippen LogP contribution in [0.5, 0.6) is 0 Å². The summed E-state index contributed by atoms with van der Waals surface area (Å²) < 4.78 is 2.49. The third-order valence-corrected chi connectivity index (χ3v) is 4.79. The van der Waals surface area contributed by atoms with Crippen LogP contribution in [0.2, 0.25) is 0 Å². The van der Waals surface area contributed by atoms with Gasteiger partial charge in [0.15, 0.2) is 0 Å². The molecule has 3 aromatic rings. The molecule has 0 saturated carbocycles. The molecule has 0 fully saturated rings. The van der Waals surface area contributed by atoms with Crippen LogP contribution in [0.3, 0.4) is 0 Å². The van der Waals surface area contributed by atoms with Gasteiger partial charge in [-0.3, -0.25) is 9.59 Å². The quantitative estimate of drug-likeness (QED) is 0.412. The second-order valence-electron chi connectivity index (χ2n) is 5.80. The zero-order chi connectivity index (χ0) is 18.8. The van der Waals surface area contributed by atoms with E-state index in [-0.39, 0.29) is 18.0 Å². The van der Waals surface area contributed by atoms with Crippen LogP contribution >= 0.6 is 38.5 Å². The summed E-state index contributed by atoms with van der Waals surface area (Å²) in [5.41, 5.74) is 0.837. The molecule has 1 N–H and O–H groups in total. The number of hydrogen-bond acceptors (Lipinski definition) is 6. The van der Waals surface area contributed by atoms with E-state index in [0.717, 1.165) is 4.68 Å². The van der Waals surface area contributed by atoms with Gasteiger partial charge in [0.2, 0.25) is 5.91 Å². The van der Waals surface area contributed by atoms with E-state index in [9.17, 15) is 9.59 Å². The van der Waals surface area contributed by atoms with Crippen molar-refractivity contribution in [2.75, 3.05) is 5.32 Å². The highest BCUT2D eigenvalue weighted by atomic mass is 127. The first kappa shape index (κ1) is 18.8. The SMILES string of the molecule is CC(C)c1nn(CC(=O)Nc2ncncc2I)c(=O)c2ccc(Br)nc12. The molecule has 3 heterocycles. The van der Waals surface area contributed by atoms with Crippen molar-refractivity contribution < 1.29 is 4.79 Å². The van der Waals surface area contributed by atoms with Gasteiger partial charge in [0.25, 0.3) is 5.56 Å². The van der Waals surface area contributed by atoms with Crippen molar-refractivity contribution in [3.05, 3.63) is 48.9 Å². The van der Waals surface area contributed by atoms with E-state index in [2.05, 4.69) is 41.3 Å². The summed E-state index contributed by atoms with van der Waals surface area (Å²) in [4.78, 5) is 37.3. The van der Waals surface area contributed by atoms with Crippen LogP contribution in [0.1, 0.15) is 25.5 Å². The summed E-state index contributed by atoms with van der Waals surface area (Å²) in [5.74, 6) is 0.0430. The molecule has 10 heteroatoms. The zero-order valence-electron chi connectivity index (χ0n) is 13.9. The van der Waals surface area contributed by atoms with E-state index in [1.807, 2.05) is 36.4 Å². The van der Waals surface area contributed by atoms with Crippen LogP contribution < -0.4 is 10.9 Å². The van der Waals surface area contributed by atoms with Crippen molar-refractivity contribution in [2.45, 2.75) is 26.3 Å². The monoisotopic (exact) mass is 528 g/mol. The van der Waals surface area contributed by atoms with Gasteiger partial charge in [-0.1, -0.05) is 13.8 Å². The largest absolute Gasteiger partial charge is 0.308 e. The van der Waals surface area contributed by atoms with Gasteiger partial charge in [-0.15, -0.1) is 0 Å². The maximum Gasteiger partial charge on any atom is 0.276 e. The predicted molar refractivity (Wildman–Crippen MR) is 109 cm³/mol. The molecule has 134 valence electrons. The normalized spacial score (nSPS) is 11.1. The molecule has 8 nitrogen and oxygen atoms in total. The lowest BCUT2D eigenvalue weighted by Crippen LogP contribution is -2.31. The molecule has 3 aromatic heterocycles. The smallest absolute Gasteiger partial charge is 0.276 e. The summed E-state index contributed by atoms with van der Waals surface area (Å²) in [6.45, 7) is 3.70. The van der Waals surface area contributed by atoms with E-state index in [0.29, 0.717) is 30.6 Å². The molecule has 1 amide bonds. The molecule has 0 aliphatic heterocycles. The lowest BCUT2D eigenvalue weighted by molar-refractivity contribution is -0.117. The van der Waals surface area contributed by atoms with Crippen molar-refractivity contribution in [3.63, 3.8) is 0 Å². The summed E-state index contributed by atoms with van der Waals surface area (Å²) in [5, 5.41) is 7.47. The van der Waals surface area contributed by atoms with Gasteiger partial charge in [0.05, 0.1) is 14.7 Å². The second kappa shape index (κ2) is 7.74. The fourth-order valence-electron chi connectivity index (χ4n) is 2.37. The first-order valence-corrected chi connectivity index (χ1v) is 9.56. The van der Waals surface area contributed by atoms with Crippen molar-refractivity contribution in [1.29, 1.82) is 0 Å². The maximum atomic E-state index is 12.7. The zero-order valence-corrected chi connectivity index (χ0v) is 17.6. The molecular formula is C16H14BrIN6O2. The maximum absolute atomic E-state index is 12.7. The van der Waals surface area contributed by atoms with Crippen LogP contribution in [0.4, 0.5) is 5.82 Å². The number of rotatable bonds is 4. The Morgan fingerprint density at radius 3 is 2.85 bits per heavy atom. The number of hydrogen-bond donors (Lipinski definition) is 1. The second-order valence-corrected chi connectivity index (χ2v) is 7.78. The minimum atomic E-state index is -0.393. The van der Waals surface area contributed by atoms with Crippen molar-refractivity contribution in [3.8, 4) is 0 Å². The van der Waals surface area contributed by atoms with E-state index in [1.165, 1.54) is 6.33 Å². The number of carbonyl (C=O) groups is 1. The number of anilines is 1. The van der Waals surface area contributed by atoms with Crippen molar-refractivity contribution >= 4 is 61.1 Å². The van der Waals surface area contributed by atoms with Gasteiger partial charge in [0, 0.05) is 6.20 Å². The lowest BCUT2D eigenvalue weighted by Gasteiger charge is -2.13. The standard InChI is InChI=1S/C16H14BrIN6O2/c1-8(2)13-14-9(3-4-11(17)21-14)16(26)24(23-13)6-12(25)22-15-10(18)5-19-7-20-15/h3-5,7-8H,6H2,1-2H3,(H,19,20,22,25). The van der Waals surface area contributed by atoms with Crippen molar-refractivity contribution in [1.82, 2.24) is 24.7 Å². The molecule has 0 aliphatic rings. The van der Waals surface area contributed by atoms with Gasteiger partial charge < -0.3 is 5.32 Å². The molecule has 0 saturated heterocycles. The molecule has 0 aromatic carbocycles. The fourth-order valence-corrected chi connectivity index (χ4v) is 3.12. The number of carbonyl (C=O) groups excluding carboxylic acids is 1. The molecule has 3 rings (SSSR count). The number of nitrogens with zero attached hydrogens (tertiary/aromatic N) is 5. The Labute approximate surface area is 170 Å². The van der Waals surface area contributed by atoms with E-state index in [4.69, 9.17) is 0 Å². The molecule has 0 aliphatic carbocycles. The van der Waals surface area contributed by atoms with Gasteiger partial charge in [-0.25, -0.2) is 19.6 Å². The highest BCUT2D eigenvalue weighted by molar-refractivity contribution is 14.1. The number of amides is 1. The number of pyridine rings is 1. The summed E-state index contributed by atoms with van der Waals surface area (Å²) in [6, 6.07) is 3.38.